The minimum Gasteiger partial charge on any atom is -0.326 e. The highest BCUT2D eigenvalue weighted by atomic mass is 35.5. The van der Waals surface area contributed by atoms with Crippen LogP contribution in [0.1, 0.15) is 18.2 Å². The van der Waals surface area contributed by atoms with E-state index < -0.39 is 0 Å². The molecule has 0 amide bonds. The maximum Gasteiger partial charge on any atom is 0.0516 e. The van der Waals surface area contributed by atoms with Gasteiger partial charge in [-0.2, -0.15) is 0 Å². The van der Waals surface area contributed by atoms with Crippen molar-refractivity contribution >= 4 is 22.9 Å². The molecule has 1 saturated heterocycles. The van der Waals surface area contributed by atoms with Gasteiger partial charge in [-0.15, -0.1) is 11.3 Å². The van der Waals surface area contributed by atoms with Gasteiger partial charge in [-0.05, 0) is 24.9 Å². The molecule has 15 heavy (non-hydrogen) atoms. The number of halogens is 1. The van der Waals surface area contributed by atoms with Crippen LogP contribution < -0.4 is 5.73 Å². The summed E-state index contributed by atoms with van der Waals surface area (Å²) in [6.07, 6.45) is 1.21. The van der Waals surface area contributed by atoms with Gasteiger partial charge in [0.1, 0.15) is 0 Å². The summed E-state index contributed by atoms with van der Waals surface area (Å²) in [5, 5.41) is 2.84. The lowest BCUT2D eigenvalue weighted by Crippen LogP contribution is -2.46. The Morgan fingerprint density at radius 3 is 3.07 bits per heavy atom. The summed E-state index contributed by atoms with van der Waals surface area (Å²) in [6, 6.07) is 2.38. The molecule has 0 saturated carbocycles. The van der Waals surface area contributed by atoms with Crippen LogP contribution in [0.15, 0.2) is 11.4 Å². The van der Waals surface area contributed by atoms with Crippen molar-refractivity contribution in [3.05, 3.63) is 21.3 Å². The quantitative estimate of drug-likeness (QED) is 0.867. The molecule has 2 atom stereocenters. The van der Waals surface area contributed by atoms with Crippen molar-refractivity contribution in [1.82, 2.24) is 4.90 Å². The summed E-state index contributed by atoms with van der Waals surface area (Å²) in [4.78, 5) is 3.76. The summed E-state index contributed by atoms with van der Waals surface area (Å²) < 4.78 is 0. The van der Waals surface area contributed by atoms with Crippen molar-refractivity contribution in [2.75, 3.05) is 13.1 Å². The SMILES string of the molecule is CC1CCN(Cc2cc(Cl)cs2)CC1N. The summed E-state index contributed by atoms with van der Waals surface area (Å²) >= 11 is 7.63. The van der Waals surface area contributed by atoms with E-state index in [1.807, 2.05) is 5.38 Å². The summed E-state index contributed by atoms with van der Waals surface area (Å²) in [7, 11) is 0. The smallest absolute Gasteiger partial charge is 0.0516 e. The van der Waals surface area contributed by atoms with Crippen LogP contribution in [0.3, 0.4) is 0 Å². The predicted molar refractivity (Wildman–Crippen MR) is 66.4 cm³/mol. The number of rotatable bonds is 2. The van der Waals surface area contributed by atoms with Gasteiger partial charge >= 0.3 is 0 Å². The zero-order chi connectivity index (χ0) is 10.8. The Morgan fingerprint density at radius 2 is 2.47 bits per heavy atom. The van der Waals surface area contributed by atoms with E-state index in [-0.39, 0.29) is 0 Å². The lowest BCUT2D eigenvalue weighted by Gasteiger charge is -2.34. The predicted octanol–water partition coefficient (Wildman–Crippen LogP) is 2.57. The first kappa shape index (κ1) is 11.4. The monoisotopic (exact) mass is 244 g/mol. The molecule has 84 valence electrons. The number of hydrogen-bond donors (Lipinski definition) is 1. The van der Waals surface area contributed by atoms with Gasteiger partial charge in [0.15, 0.2) is 0 Å². The van der Waals surface area contributed by atoms with E-state index in [0.717, 1.165) is 24.7 Å². The second kappa shape index (κ2) is 4.83. The van der Waals surface area contributed by atoms with Crippen LogP contribution in [0.2, 0.25) is 5.02 Å². The molecule has 4 heteroatoms. The molecule has 1 aliphatic heterocycles. The van der Waals surface area contributed by atoms with Gasteiger partial charge in [0.05, 0.1) is 5.02 Å². The number of hydrogen-bond acceptors (Lipinski definition) is 3. The second-order valence-corrected chi connectivity index (χ2v) is 5.83. The van der Waals surface area contributed by atoms with Crippen LogP contribution in [0.5, 0.6) is 0 Å². The minimum atomic E-state index is 0.328. The van der Waals surface area contributed by atoms with E-state index in [1.165, 1.54) is 11.3 Å². The zero-order valence-corrected chi connectivity index (χ0v) is 10.5. The summed E-state index contributed by atoms with van der Waals surface area (Å²) in [5.41, 5.74) is 6.06. The number of piperidine rings is 1. The van der Waals surface area contributed by atoms with Crippen molar-refractivity contribution in [3.63, 3.8) is 0 Å². The molecule has 0 aromatic carbocycles. The van der Waals surface area contributed by atoms with Gasteiger partial charge in [-0.1, -0.05) is 18.5 Å². The lowest BCUT2D eigenvalue weighted by atomic mass is 9.94. The van der Waals surface area contributed by atoms with Gasteiger partial charge < -0.3 is 5.73 Å². The van der Waals surface area contributed by atoms with Gasteiger partial charge in [-0.3, -0.25) is 4.90 Å². The van der Waals surface area contributed by atoms with Crippen LogP contribution in [-0.2, 0) is 6.54 Å². The van der Waals surface area contributed by atoms with E-state index in [2.05, 4.69) is 17.9 Å². The Labute approximate surface area is 100 Å². The molecule has 1 fully saturated rings. The number of thiophene rings is 1. The largest absolute Gasteiger partial charge is 0.326 e. The minimum absolute atomic E-state index is 0.328. The maximum atomic E-state index is 6.06. The zero-order valence-electron chi connectivity index (χ0n) is 8.95. The molecule has 2 rings (SSSR count). The average Bonchev–Trinajstić information content (AvgIpc) is 2.58. The Morgan fingerprint density at radius 1 is 1.67 bits per heavy atom. The van der Waals surface area contributed by atoms with E-state index in [9.17, 15) is 0 Å². The van der Waals surface area contributed by atoms with Crippen molar-refractivity contribution in [2.45, 2.75) is 25.9 Å². The lowest BCUT2D eigenvalue weighted by molar-refractivity contribution is 0.163. The third-order valence-electron chi connectivity index (χ3n) is 3.10. The Hall–Kier alpha value is -0.0900. The highest BCUT2D eigenvalue weighted by Crippen LogP contribution is 2.23. The number of likely N-dealkylation sites (tertiary alicyclic amines) is 1. The van der Waals surface area contributed by atoms with E-state index in [4.69, 9.17) is 17.3 Å². The maximum absolute atomic E-state index is 6.06. The summed E-state index contributed by atoms with van der Waals surface area (Å²) in [5.74, 6) is 0.660. The fourth-order valence-corrected chi connectivity index (χ4v) is 3.08. The molecular formula is C11H17ClN2S. The molecule has 1 aromatic rings. The molecule has 0 aliphatic carbocycles. The van der Waals surface area contributed by atoms with E-state index >= 15 is 0 Å². The third-order valence-corrected chi connectivity index (χ3v) is 4.37. The molecule has 0 bridgehead atoms. The molecular weight excluding hydrogens is 228 g/mol. The van der Waals surface area contributed by atoms with Crippen LogP contribution in [0.4, 0.5) is 0 Å². The number of nitrogens with two attached hydrogens (primary N) is 1. The average molecular weight is 245 g/mol. The van der Waals surface area contributed by atoms with Crippen molar-refractivity contribution in [1.29, 1.82) is 0 Å². The molecule has 2 unspecified atom stereocenters. The molecule has 1 aromatic heterocycles. The van der Waals surface area contributed by atoms with Crippen molar-refractivity contribution < 1.29 is 0 Å². The van der Waals surface area contributed by atoms with Crippen LogP contribution in [0.25, 0.3) is 0 Å². The molecule has 2 N–H and O–H groups in total. The van der Waals surface area contributed by atoms with Crippen LogP contribution >= 0.6 is 22.9 Å². The first-order valence-electron chi connectivity index (χ1n) is 5.36. The first-order valence-corrected chi connectivity index (χ1v) is 6.62. The normalized spacial score (nSPS) is 28.2. The Bertz CT molecular complexity index is 326. The topological polar surface area (TPSA) is 29.3 Å². The summed E-state index contributed by atoms with van der Waals surface area (Å²) in [6.45, 7) is 5.41. The Balaban J connectivity index is 1.90. The van der Waals surface area contributed by atoms with Gasteiger partial charge in [0, 0.05) is 29.4 Å². The highest BCUT2D eigenvalue weighted by Gasteiger charge is 2.23. The van der Waals surface area contributed by atoms with Gasteiger partial charge in [0.2, 0.25) is 0 Å². The fraction of sp³-hybridized carbons (Fsp3) is 0.636. The molecule has 2 heterocycles. The molecule has 1 aliphatic rings. The fourth-order valence-electron chi connectivity index (χ4n) is 1.97. The highest BCUT2D eigenvalue weighted by molar-refractivity contribution is 7.10. The molecule has 0 radical (unpaired) electrons. The van der Waals surface area contributed by atoms with Crippen LogP contribution in [-0.4, -0.2) is 24.0 Å². The molecule has 2 nitrogen and oxygen atoms in total. The van der Waals surface area contributed by atoms with Gasteiger partial charge in [-0.25, -0.2) is 0 Å². The Kier molecular flexibility index (Phi) is 3.67. The van der Waals surface area contributed by atoms with Crippen molar-refractivity contribution in [3.8, 4) is 0 Å². The standard InChI is InChI=1S/C11H17ClN2S/c1-8-2-3-14(6-11(8)13)5-10-4-9(12)7-15-10/h4,7-8,11H,2-3,5-6,13H2,1H3. The second-order valence-electron chi connectivity index (χ2n) is 4.40. The van der Waals surface area contributed by atoms with Crippen molar-refractivity contribution in [2.24, 2.45) is 11.7 Å². The number of nitrogens with zero attached hydrogens (tertiary/aromatic N) is 1. The van der Waals surface area contributed by atoms with E-state index in [0.29, 0.717) is 12.0 Å². The molecule has 0 spiro atoms. The first-order chi connectivity index (χ1) is 7.15. The third kappa shape index (κ3) is 2.94. The van der Waals surface area contributed by atoms with Gasteiger partial charge in [0.25, 0.3) is 0 Å². The van der Waals surface area contributed by atoms with Crippen LogP contribution in [0, 0.1) is 5.92 Å². The van der Waals surface area contributed by atoms with E-state index in [1.54, 1.807) is 11.3 Å².